The second-order valence-corrected chi connectivity index (χ2v) is 10.6. The molecule has 0 saturated carbocycles. The van der Waals surface area contributed by atoms with Crippen molar-refractivity contribution in [2.75, 3.05) is 61.0 Å². The number of piperidine rings is 1. The van der Waals surface area contributed by atoms with E-state index >= 15 is 0 Å². The van der Waals surface area contributed by atoms with Crippen molar-refractivity contribution in [2.24, 2.45) is 10.7 Å². The SMILES string of the molecule is COc1cc(/C(=C/N)C(C)=NC2CCN(C(=O)C3(OC)CN(C(=O)/C=C/CN(C)C)C3)CC2)cn2ncc(C#N)c12. The van der Waals surface area contributed by atoms with E-state index in [2.05, 4.69) is 11.2 Å². The summed E-state index contributed by atoms with van der Waals surface area (Å²) in [5.74, 6) is 0.317. The van der Waals surface area contributed by atoms with Gasteiger partial charge in [0.15, 0.2) is 5.60 Å². The fraction of sp³-hybridized carbons (Fsp3) is 0.483. The van der Waals surface area contributed by atoms with Crippen molar-refractivity contribution in [2.45, 2.75) is 31.4 Å². The first-order valence-corrected chi connectivity index (χ1v) is 13.5. The number of likely N-dealkylation sites (N-methyl/N-ethyl adjacent to an activating group) is 1. The molecule has 12 nitrogen and oxygen atoms in total. The van der Waals surface area contributed by atoms with Crippen LogP contribution in [0, 0.1) is 11.3 Å². The normalized spacial score (nSPS) is 18.2. The van der Waals surface area contributed by atoms with Gasteiger partial charge in [0.2, 0.25) is 5.91 Å². The van der Waals surface area contributed by atoms with Gasteiger partial charge in [-0.25, -0.2) is 4.52 Å². The number of nitrogens with two attached hydrogens (primary N) is 1. The Morgan fingerprint density at radius 1 is 1.27 bits per heavy atom. The predicted octanol–water partition coefficient (Wildman–Crippen LogP) is 1.31. The molecule has 4 rings (SSSR count). The van der Waals surface area contributed by atoms with Crippen LogP contribution < -0.4 is 10.5 Å². The van der Waals surface area contributed by atoms with Gasteiger partial charge in [0.05, 0.1) is 32.4 Å². The van der Waals surface area contributed by atoms with E-state index in [-0.39, 0.29) is 30.9 Å². The molecule has 0 atom stereocenters. The van der Waals surface area contributed by atoms with Crippen LogP contribution in [0.3, 0.4) is 0 Å². The van der Waals surface area contributed by atoms with Gasteiger partial charge in [-0.2, -0.15) is 10.4 Å². The maximum atomic E-state index is 13.4. The van der Waals surface area contributed by atoms with Crippen LogP contribution in [0.2, 0.25) is 0 Å². The fourth-order valence-corrected chi connectivity index (χ4v) is 5.27. The van der Waals surface area contributed by atoms with Crippen LogP contribution in [0.25, 0.3) is 11.1 Å². The highest BCUT2D eigenvalue weighted by Gasteiger charge is 2.53. The smallest absolute Gasteiger partial charge is 0.258 e. The lowest BCUT2D eigenvalue weighted by Gasteiger charge is -2.49. The fourth-order valence-electron chi connectivity index (χ4n) is 5.27. The number of nitrogens with zero attached hydrogens (tertiary/aromatic N) is 7. The Morgan fingerprint density at radius 2 is 1.98 bits per heavy atom. The highest BCUT2D eigenvalue weighted by molar-refractivity contribution is 6.22. The van der Waals surface area contributed by atoms with Gasteiger partial charge in [-0.3, -0.25) is 14.6 Å². The quantitative estimate of drug-likeness (QED) is 0.356. The molecule has 12 heteroatoms. The number of carbonyl (C=O) groups is 2. The first-order valence-electron chi connectivity index (χ1n) is 13.5. The molecule has 218 valence electrons. The third-order valence-electron chi connectivity index (χ3n) is 7.63. The summed E-state index contributed by atoms with van der Waals surface area (Å²) in [6, 6.07) is 3.98. The predicted molar refractivity (Wildman–Crippen MR) is 155 cm³/mol. The Kier molecular flexibility index (Phi) is 9.10. The van der Waals surface area contributed by atoms with Crippen LogP contribution in [-0.2, 0) is 14.3 Å². The Hall–Kier alpha value is -4.21. The van der Waals surface area contributed by atoms with E-state index in [4.69, 9.17) is 20.2 Å². The molecule has 2 amide bonds. The van der Waals surface area contributed by atoms with Gasteiger partial charge in [-0.05, 0) is 39.9 Å². The van der Waals surface area contributed by atoms with E-state index in [1.165, 1.54) is 19.5 Å². The highest BCUT2D eigenvalue weighted by Crippen LogP contribution is 2.31. The van der Waals surface area contributed by atoms with Gasteiger partial charge in [-0.15, -0.1) is 0 Å². The van der Waals surface area contributed by atoms with E-state index in [9.17, 15) is 14.9 Å². The molecule has 0 bridgehead atoms. The average Bonchev–Trinajstić information content (AvgIpc) is 3.36. The van der Waals surface area contributed by atoms with Crippen molar-refractivity contribution in [3.63, 3.8) is 0 Å². The summed E-state index contributed by atoms with van der Waals surface area (Å²) in [4.78, 5) is 36.2. The second kappa shape index (κ2) is 12.5. The van der Waals surface area contributed by atoms with E-state index in [1.807, 2.05) is 43.0 Å². The van der Waals surface area contributed by atoms with Gasteiger partial charge in [-0.1, -0.05) is 6.08 Å². The van der Waals surface area contributed by atoms with Gasteiger partial charge in [0.1, 0.15) is 22.9 Å². The number of amides is 2. The van der Waals surface area contributed by atoms with E-state index in [0.29, 0.717) is 49.3 Å². The number of aliphatic imine (C=N–C) groups is 1. The number of fused-ring (bicyclic) bond motifs is 1. The van der Waals surface area contributed by atoms with Crippen LogP contribution >= 0.6 is 0 Å². The van der Waals surface area contributed by atoms with Crippen LogP contribution in [0.1, 0.15) is 30.9 Å². The minimum atomic E-state index is -0.998. The Bertz CT molecular complexity index is 1420. The highest BCUT2D eigenvalue weighted by atomic mass is 16.5. The molecule has 2 saturated heterocycles. The lowest BCUT2D eigenvalue weighted by molar-refractivity contribution is -0.181. The summed E-state index contributed by atoms with van der Waals surface area (Å²) in [6.07, 6.45) is 9.56. The largest absolute Gasteiger partial charge is 0.494 e. The molecule has 2 aliphatic heterocycles. The van der Waals surface area contributed by atoms with Crippen LogP contribution in [-0.4, -0.2) is 115 Å². The van der Waals surface area contributed by atoms with Gasteiger partial charge < -0.3 is 29.9 Å². The molecular weight excluding hydrogens is 524 g/mol. The second-order valence-electron chi connectivity index (χ2n) is 10.6. The third-order valence-corrected chi connectivity index (χ3v) is 7.63. The van der Waals surface area contributed by atoms with E-state index in [0.717, 1.165) is 16.8 Å². The monoisotopic (exact) mass is 562 g/mol. The van der Waals surface area contributed by atoms with E-state index in [1.54, 1.807) is 28.8 Å². The number of likely N-dealkylation sites (tertiary alicyclic amines) is 2. The summed E-state index contributed by atoms with van der Waals surface area (Å²) in [5, 5.41) is 13.7. The van der Waals surface area contributed by atoms with Crippen LogP contribution in [0.15, 0.2) is 41.8 Å². The van der Waals surface area contributed by atoms with Crippen LogP contribution in [0.4, 0.5) is 0 Å². The Balaban J connectivity index is 1.38. The summed E-state index contributed by atoms with van der Waals surface area (Å²) < 4.78 is 12.8. The Morgan fingerprint density at radius 3 is 2.56 bits per heavy atom. The number of hydrogen-bond donors (Lipinski definition) is 1. The zero-order valence-electron chi connectivity index (χ0n) is 24.3. The first kappa shape index (κ1) is 29.8. The molecule has 2 aromatic rings. The molecule has 2 fully saturated rings. The summed E-state index contributed by atoms with van der Waals surface area (Å²) in [5.41, 5.74) is 8.30. The van der Waals surface area contributed by atoms with Crippen molar-refractivity contribution in [3.8, 4) is 11.8 Å². The molecule has 0 radical (unpaired) electrons. The molecule has 4 heterocycles. The number of pyridine rings is 1. The van der Waals surface area contributed by atoms with Crippen molar-refractivity contribution in [3.05, 3.63) is 47.9 Å². The minimum Gasteiger partial charge on any atom is -0.494 e. The molecule has 0 aromatic carbocycles. The number of ether oxygens (including phenoxy) is 2. The number of hydrogen-bond acceptors (Lipinski definition) is 9. The standard InChI is InChI=1S/C29H38N8O4/c1-20(24(15-31)21-13-25(40-4)27-22(14-30)16-32-37(27)17-21)33-23-8-11-35(12-9-23)28(39)29(41-5)18-36(19-29)26(38)7-6-10-34(2)3/h6-7,13,15-17,23H,8-12,18-19,31H2,1-5H3/b7-6+,24-15+,33-20?. The van der Waals surface area contributed by atoms with Crippen molar-refractivity contribution in [1.82, 2.24) is 24.3 Å². The summed E-state index contributed by atoms with van der Waals surface area (Å²) in [7, 11) is 6.94. The van der Waals surface area contributed by atoms with Crippen molar-refractivity contribution < 1.29 is 19.1 Å². The number of methoxy groups -OCH3 is 2. The number of nitriles is 1. The topological polar surface area (TPSA) is 142 Å². The number of aromatic nitrogens is 2. The number of allylic oxidation sites excluding steroid dienone is 1. The van der Waals surface area contributed by atoms with Gasteiger partial charge in [0.25, 0.3) is 5.91 Å². The molecule has 0 spiro atoms. The maximum absolute atomic E-state index is 13.4. The molecule has 41 heavy (non-hydrogen) atoms. The third kappa shape index (κ3) is 6.11. The zero-order valence-corrected chi connectivity index (χ0v) is 24.3. The molecule has 0 unspecified atom stereocenters. The average molecular weight is 563 g/mol. The molecule has 2 N–H and O–H groups in total. The van der Waals surface area contributed by atoms with Crippen molar-refractivity contribution in [1.29, 1.82) is 5.26 Å². The van der Waals surface area contributed by atoms with Crippen molar-refractivity contribution >= 4 is 28.6 Å². The first-order chi connectivity index (χ1) is 19.7. The number of rotatable bonds is 9. The summed E-state index contributed by atoms with van der Waals surface area (Å²) >= 11 is 0. The molecule has 0 aliphatic carbocycles. The van der Waals surface area contributed by atoms with Gasteiger partial charge in [0, 0.05) is 62.1 Å². The molecule has 2 aromatic heterocycles. The maximum Gasteiger partial charge on any atom is 0.258 e. The van der Waals surface area contributed by atoms with Gasteiger partial charge >= 0.3 is 0 Å². The lowest BCUT2D eigenvalue weighted by Crippen LogP contribution is -2.71. The number of carbonyl (C=O) groups excluding carboxylic acids is 2. The minimum absolute atomic E-state index is 0.0225. The summed E-state index contributed by atoms with van der Waals surface area (Å²) in [6.45, 7) is 4.17. The lowest BCUT2D eigenvalue weighted by atomic mass is 9.90. The Labute approximate surface area is 240 Å². The van der Waals surface area contributed by atoms with E-state index < -0.39 is 5.60 Å². The van der Waals surface area contributed by atoms with Crippen LogP contribution in [0.5, 0.6) is 5.75 Å². The zero-order chi connectivity index (χ0) is 29.7. The molecular formula is C29H38N8O4. The molecule has 2 aliphatic rings.